The first-order chi connectivity index (χ1) is 14.1. The van der Waals surface area contributed by atoms with Gasteiger partial charge in [0, 0.05) is 6.42 Å². The zero-order valence-electron chi connectivity index (χ0n) is 16.1. The monoisotopic (exact) mass is 462 g/mol. The number of carboxylic acid groups (broad SMARTS) is 1. The highest BCUT2D eigenvalue weighted by Gasteiger charge is 2.26. The summed E-state index contributed by atoms with van der Waals surface area (Å²) in [6.45, 7) is 0.578. The number of hydrogen-bond donors (Lipinski definition) is 3. The molecule has 12 heteroatoms. The van der Waals surface area contributed by atoms with Crippen LogP contribution in [-0.4, -0.2) is 60.6 Å². The van der Waals surface area contributed by atoms with E-state index in [-0.39, 0.29) is 22.0 Å². The van der Waals surface area contributed by atoms with Gasteiger partial charge in [-0.15, -0.1) is 0 Å². The number of carboxylic acids is 1. The van der Waals surface area contributed by atoms with Crippen LogP contribution in [0.15, 0.2) is 18.2 Å². The lowest BCUT2D eigenvalue weighted by atomic mass is 10.1. The maximum absolute atomic E-state index is 12.4. The Bertz CT molecular complexity index is 810. The van der Waals surface area contributed by atoms with E-state index in [9.17, 15) is 24.0 Å². The number of aliphatic carboxylic acids is 1. The van der Waals surface area contributed by atoms with E-state index in [2.05, 4.69) is 15.4 Å². The van der Waals surface area contributed by atoms with Crippen molar-refractivity contribution in [2.24, 2.45) is 0 Å². The SMILES string of the molecule is COC(=O)N[C@@H](C)C(=O)N[C@@H](CCC(=O)O)C(=O)COC(=O)c1c(Cl)cccc1Cl. The van der Waals surface area contributed by atoms with E-state index in [1.54, 1.807) is 0 Å². The number of nitrogens with one attached hydrogen (secondary N) is 2. The third-order valence-corrected chi connectivity index (χ3v) is 4.41. The minimum Gasteiger partial charge on any atom is -0.481 e. The number of methoxy groups -OCH3 is 1. The summed E-state index contributed by atoms with van der Waals surface area (Å²) in [6.07, 6.45) is -1.55. The number of hydrogen-bond acceptors (Lipinski definition) is 7. The standard InChI is InChI=1S/C18H20Cl2N2O8/c1-9(21-18(28)29-2)16(26)22-12(6-7-14(24)25)13(23)8-30-17(27)15-10(19)4-3-5-11(15)20/h3-5,9,12H,6-8H2,1-2H3,(H,21,28)(H,22,26)(H,24,25)/t9-,12-/m0/s1. The second-order valence-electron chi connectivity index (χ2n) is 5.99. The van der Waals surface area contributed by atoms with Crippen LogP contribution in [-0.2, 0) is 23.9 Å². The largest absolute Gasteiger partial charge is 0.481 e. The van der Waals surface area contributed by atoms with E-state index >= 15 is 0 Å². The Morgan fingerprint density at radius 2 is 1.70 bits per heavy atom. The minimum absolute atomic E-state index is 0.0263. The second kappa shape index (κ2) is 12.0. The molecule has 2 amide bonds. The Hall–Kier alpha value is -2.85. The summed E-state index contributed by atoms with van der Waals surface area (Å²) >= 11 is 11.8. The van der Waals surface area contributed by atoms with Crippen LogP contribution >= 0.6 is 23.2 Å². The molecule has 0 saturated carbocycles. The molecule has 1 aromatic carbocycles. The number of carbonyl (C=O) groups excluding carboxylic acids is 4. The Morgan fingerprint density at radius 3 is 2.23 bits per heavy atom. The number of esters is 1. The predicted molar refractivity (Wildman–Crippen MR) is 106 cm³/mol. The zero-order chi connectivity index (χ0) is 22.8. The first-order valence-electron chi connectivity index (χ1n) is 8.57. The number of rotatable bonds is 10. The molecule has 0 bridgehead atoms. The third kappa shape index (κ3) is 7.88. The fraction of sp³-hybridized carbons (Fsp3) is 0.389. The molecule has 10 nitrogen and oxygen atoms in total. The van der Waals surface area contributed by atoms with Gasteiger partial charge in [-0.2, -0.15) is 0 Å². The number of ketones is 1. The Balaban J connectivity index is 2.80. The molecule has 0 aliphatic rings. The lowest BCUT2D eigenvalue weighted by Crippen LogP contribution is -2.51. The average molecular weight is 463 g/mol. The van der Waals surface area contributed by atoms with Gasteiger partial charge < -0.3 is 25.2 Å². The van der Waals surface area contributed by atoms with Gasteiger partial charge in [0.15, 0.2) is 12.4 Å². The van der Waals surface area contributed by atoms with E-state index in [1.165, 1.54) is 25.1 Å². The van der Waals surface area contributed by atoms with Crippen molar-refractivity contribution in [2.45, 2.75) is 31.8 Å². The molecule has 0 aromatic heterocycles. The second-order valence-corrected chi connectivity index (χ2v) is 6.80. The zero-order valence-corrected chi connectivity index (χ0v) is 17.6. The number of amides is 2. The molecule has 1 aromatic rings. The fourth-order valence-corrected chi connectivity index (χ4v) is 2.73. The molecule has 0 fully saturated rings. The summed E-state index contributed by atoms with van der Waals surface area (Å²) in [5.41, 5.74) is -0.129. The molecular formula is C18H20Cl2N2O8. The molecule has 0 saturated heterocycles. The predicted octanol–water partition coefficient (Wildman–Crippen LogP) is 1.81. The van der Waals surface area contributed by atoms with Crippen molar-refractivity contribution in [3.05, 3.63) is 33.8 Å². The van der Waals surface area contributed by atoms with E-state index in [0.29, 0.717) is 0 Å². The van der Waals surface area contributed by atoms with E-state index < -0.39 is 54.8 Å². The van der Waals surface area contributed by atoms with E-state index in [1.807, 2.05) is 0 Å². The molecule has 3 N–H and O–H groups in total. The summed E-state index contributed by atoms with van der Waals surface area (Å²) in [4.78, 5) is 58.8. The lowest BCUT2D eigenvalue weighted by molar-refractivity contribution is -0.138. The van der Waals surface area contributed by atoms with Gasteiger partial charge in [0.1, 0.15) is 6.04 Å². The van der Waals surface area contributed by atoms with Crippen LogP contribution in [0.25, 0.3) is 0 Å². The highest BCUT2D eigenvalue weighted by Crippen LogP contribution is 2.24. The molecule has 30 heavy (non-hydrogen) atoms. The number of benzene rings is 1. The quantitative estimate of drug-likeness (QED) is 0.445. The Kier molecular flexibility index (Phi) is 10.1. The molecule has 0 aliphatic heterocycles. The smallest absolute Gasteiger partial charge is 0.407 e. The van der Waals surface area contributed by atoms with Crippen molar-refractivity contribution in [1.82, 2.24) is 10.6 Å². The summed E-state index contributed by atoms with van der Waals surface area (Å²) in [5, 5.41) is 13.4. The fourth-order valence-electron chi connectivity index (χ4n) is 2.18. The van der Waals surface area contributed by atoms with Gasteiger partial charge in [0.05, 0.1) is 28.8 Å². The molecule has 0 radical (unpaired) electrons. The maximum Gasteiger partial charge on any atom is 0.407 e. The van der Waals surface area contributed by atoms with Crippen LogP contribution in [0.5, 0.6) is 0 Å². The highest BCUT2D eigenvalue weighted by molar-refractivity contribution is 6.39. The average Bonchev–Trinajstić information content (AvgIpc) is 2.68. The van der Waals surface area contributed by atoms with Crippen LogP contribution in [0.4, 0.5) is 4.79 Å². The van der Waals surface area contributed by atoms with E-state index in [0.717, 1.165) is 7.11 Å². The van der Waals surface area contributed by atoms with Crippen molar-refractivity contribution in [3.63, 3.8) is 0 Å². The van der Waals surface area contributed by atoms with Gasteiger partial charge in [-0.05, 0) is 25.5 Å². The number of alkyl carbamates (subject to hydrolysis) is 1. The van der Waals surface area contributed by atoms with Gasteiger partial charge in [0.25, 0.3) is 0 Å². The van der Waals surface area contributed by atoms with Crippen LogP contribution in [0.1, 0.15) is 30.1 Å². The Morgan fingerprint density at radius 1 is 1.10 bits per heavy atom. The third-order valence-electron chi connectivity index (χ3n) is 3.78. The van der Waals surface area contributed by atoms with Crippen molar-refractivity contribution in [3.8, 4) is 0 Å². The lowest BCUT2D eigenvalue weighted by Gasteiger charge is -2.20. The molecule has 164 valence electrons. The molecular weight excluding hydrogens is 443 g/mol. The van der Waals surface area contributed by atoms with Crippen LogP contribution < -0.4 is 10.6 Å². The first-order valence-corrected chi connectivity index (χ1v) is 9.32. The number of Topliss-reactive ketones (excluding diaryl/α,β-unsaturated/α-hetero) is 1. The Labute approximate surface area is 181 Å². The molecule has 1 rings (SSSR count). The summed E-state index contributed by atoms with van der Waals surface area (Å²) in [5.74, 6) is -3.67. The van der Waals surface area contributed by atoms with Crippen molar-refractivity contribution < 1.29 is 38.6 Å². The topological polar surface area (TPSA) is 148 Å². The molecule has 0 heterocycles. The van der Waals surface area contributed by atoms with Crippen LogP contribution in [0.3, 0.4) is 0 Å². The van der Waals surface area contributed by atoms with Gasteiger partial charge in [0.2, 0.25) is 5.91 Å². The van der Waals surface area contributed by atoms with Gasteiger partial charge >= 0.3 is 18.0 Å². The van der Waals surface area contributed by atoms with Crippen molar-refractivity contribution in [1.29, 1.82) is 0 Å². The van der Waals surface area contributed by atoms with Gasteiger partial charge in [-0.25, -0.2) is 9.59 Å². The number of halogens is 2. The van der Waals surface area contributed by atoms with Crippen molar-refractivity contribution in [2.75, 3.05) is 13.7 Å². The normalized spacial score (nSPS) is 12.3. The van der Waals surface area contributed by atoms with Crippen molar-refractivity contribution >= 4 is 52.9 Å². The number of carbonyl (C=O) groups is 5. The number of ether oxygens (including phenoxy) is 2. The summed E-state index contributed by atoms with van der Waals surface area (Å²) < 4.78 is 9.29. The van der Waals surface area contributed by atoms with Crippen LogP contribution in [0.2, 0.25) is 10.0 Å². The molecule has 0 aliphatic carbocycles. The van der Waals surface area contributed by atoms with Crippen LogP contribution in [0, 0.1) is 0 Å². The van der Waals surface area contributed by atoms with E-state index in [4.69, 9.17) is 33.0 Å². The molecule has 0 unspecified atom stereocenters. The van der Waals surface area contributed by atoms with Gasteiger partial charge in [-0.3, -0.25) is 14.4 Å². The highest BCUT2D eigenvalue weighted by atomic mass is 35.5. The maximum atomic E-state index is 12.4. The minimum atomic E-state index is -1.27. The summed E-state index contributed by atoms with van der Waals surface area (Å²) in [7, 11) is 1.11. The molecule has 2 atom stereocenters. The first kappa shape index (κ1) is 25.2. The molecule has 0 spiro atoms. The van der Waals surface area contributed by atoms with Gasteiger partial charge in [-0.1, -0.05) is 29.3 Å². The summed E-state index contributed by atoms with van der Waals surface area (Å²) in [6, 6.07) is 2.01.